The molecular formula is C10H13Cl2N3O2. The summed E-state index contributed by atoms with van der Waals surface area (Å²) in [5.74, 6) is 0.791. The molecule has 2 aliphatic heterocycles. The lowest BCUT2D eigenvalue weighted by Crippen LogP contribution is -2.27. The molecule has 0 unspecified atom stereocenters. The monoisotopic (exact) mass is 277 g/mol. The summed E-state index contributed by atoms with van der Waals surface area (Å²) in [6.45, 7) is 5.28. The van der Waals surface area contributed by atoms with Crippen molar-refractivity contribution in [3.05, 3.63) is 16.2 Å². The number of hydrogen-bond donors (Lipinski definition) is 2. The lowest BCUT2D eigenvalue weighted by Gasteiger charge is -2.18. The third-order valence-corrected chi connectivity index (χ3v) is 2.34. The highest BCUT2D eigenvalue weighted by Gasteiger charge is 2.16. The normalized spacial score (nSPS) is 11.6. The zero-order valence-corrected chi connectivity index (χ0v) is 11.2. The van der Waals surface area contributed by atoms with Gasteiger partial charge in [0.2, 0.25) is 0 Å². The van der Waals surface area contributed by atoms with Gasteiger partial charge in [-0.1, -0.05) is 23.2 Å². The number of aromatic nitrogens is 1. The number of amides is 1. The molecule has 5 nitrogen and oxygen atoms in total. The van der Waals surface area contributed by atoms with Crippen LogP contribution in [-0.4, -0.2) is 16.7 Å². The van der Waals surface area contributed by atoms with Crippen LogP contribution in [0.15, 0.2) is 6.07 Å². The number of rotatable bonds is 0. The summed E-state index contributed by atoms with van der Waals surface area (Å²) in [7, 11) is 0. The van der Waals surface area contributed by atoms with E-state index in [2.05, 4.69) is 15.0 Å². The predicted octanol–water partition coefficient (Wildman–Crippen LogP) is 3.33. The van der Waals surface area contributed by atoms with Crippen LogP contribution in [0, 0.1) is 0 Å². The average Bonchev–Trinajstić information content (AvgIpc) is 2.03. The van der Waals surface area contributed by atoms with Crippen LogP contribution in [0.1, 0.15) is 20.8 Å². The largest absolute Gasteiger partial charge is 0.444 e. The number of ether oxygens (including phenoxy) is 1. The first-order chi connectivity index (χ1) is 7.69. The third kappa shape index (κ3) is 4.28. The van der Waals surface area contributed by atoms with E-state index in [-0.39, 0.29) is 0 Å². The molecule has 0 radical (unpaired) electrons. The summed E-state index contributed by atoms with van der Waals surface area (Å²) in [6, 6.07) is 1.84. The van der Waals surface area contributed by atoms with Crippen molar-refractivity contribution >= 4 is 40.8 Å². The number of nitrogens with one attached hydrogen (secondary N) is 1. The first kappa shape index (κ1) is 13.9. The number of halogens is 2. The smallest absolute Gasteiger partial charge is 0.405 e. The Balaban J connectivity index is 0.000000172. The number of hydrogen-bond acceptors (Lipinski definition) is 4. The van der Waals surface area contributed by atoms with Crippen LogP contribution >= 0.6 is 23.2 Å². The molecule has 0 aliphatic carbocycles. The van der Waals surface area contributed by atoms with Crippen LogP contribution in [0.3, 0.4) is 0 Å². The summed E-state index contributed by atoms with van der Waals surface area (Å²) < 4.78 is 4.58. The van der Waals surface area contributed by atoms with E-state index in [1.807, 2.05) is 6.07 Å². The van der Waals surface area contributed by atoms with Gasteiger partial charge in [-0.3, -0.25) is 0 Å². The van der Waals surface area contributed by atoms with Gasteiger partial charge in [0.25, 0.3) is 0 Å². The number of primary amides is 1. The molecule has 2 bridgehead atoms. The number of carbonyl (C=O) groups excluding carboxylic acids is 1. The van der Waals surface area contributed by atoms with Gasteiger partial charge < -0.3 is 15.8 Å². The Morgan fingerprint density at radius 2 is 2.00 bits per heavy atom. The van der Waals surface area contributed by atoms with E-state index in [0.29, 0.717) is 10.2 Å². The molecular weight excluding hydrogens is 265 g/mol. The third-order valence-electron chi connectivity index (χ3n) is 1.59. The molecule has 3 rings (SSSR count). The first-order valence-electron chi connectivity index (χ1n) is 4.80. The standard InChI is InChI=1S/C5H2Cl2N2.C5H11NO2/c6-4-2-1-3(8-2)9-5(4)7;1-5(2,3)8-4(6)7/h1H,(H,8,9);1-3H3,(H2,6,7). The molecule has 7 heteroatoms. The second-order valence-corrected chi connectivity index (χ2v) is 5.05. The summed E-state index contributed by atoms with van der Waals surface area (Å²) in [6.07, 6.45) is -0.725. The summed E-state index contributed by atoms with van der Waals surface area (Å²) >= 11 is 11.2. The molecule has 0 spiro atoms. The van der Waals surface area contributed by atoms with Gasteiger partial charge in [0.1, 0.15) is 16.4 Å². The second-order valence-electron chi connectivity index (χ2n) is 4.32. The predicted molar refractivity (Wildman–Crippen MR) is 68.0 cm³/mol. The quantitative estimate of drug-likeness (QED) is 0.724. The minimum atomic E-state index is -0.725. The van der Waals surface area contributed by atoms with E-state index in [0.717, 1.165) is 11.5 Å². The Morgan fingerprint density at radius 3 is 2.18 bits per heavy atom. The van der Waals surface area contributed by atoms with Crippen molar-refractivity contribution in [2.24, 2.45) is 5.73 Å². The van der Waals surface area contributed by atoms with E-state index >= 15 is 0 Å². The maximum atomic E-state index is 10.0. The van der Waals surface area contributed by atoms with E-state index < -0.39 is 11.7 Å². The van der Waals surface area contributed by atoms with Gasteiger partial charge in [-0.15, -0.1) is 0 Å². The molecule has 1 amide bonds. The molecule has 1 aromatic rings. The highest BCUT2D eigenvalue weighted by Crippen LogP contribution is 2.38. The van der Waals surface area contributed by atoms with Crippen molar-refractivity contribution in [1.82, 2.24) is 4.98 Å². The molecule has 0 saturated carbocycles. The van der Waals surface area contributed by atoms with Crippen LogP contribution in [0.4, 0.5) is 16.3 Å². The minimum absolute atomic E-state index is 0.378. The molecule has 2 aliphatic rings. The number of carbonyl (C=O) groups is 1. The van der Waals surface area contributed by atoms with Crippen molar-refractivity contribution in [3.63, 3.8) is 0 Å². The summed E-state index contributed by atoms with van der Waals surface area (Å²) in [5, 5.41) is 3.78. The maximum absolute atomic E-state index is 10.0. The van der Waals surface area contributed by atoms with Gasteiger partial charge in [0.05, 0.1) is 5.69 Å². The van der Waals surface area contributed by atoms with Gasteiger partial charge in [-0.25, -0.2) is 9.78 Å². The number of fused-ring (bicyclic) bond motifs is 2. The van der Waals surface area contributed by atoms with Crippen LogP contribution in [0.2, 0.25) is 10.2 Å². The number of nitrogens with two attached hydrogens (primary N) is 1. The SMILES string of the molecule is CC(C)(C)OC(N)=O.Clc1nc2cc(c1Cl)N2. The molecule has 0 saturated heterocycles. The number of nitrogens with zero attached hydrogens (tertiary/aromatic N) is 1. The topological polar surface area (TPSA) is 77.2 Å². The highest BCUT2D eigenvalue weighted by molar-refractivity contribution is 6.43. The van der Waals surface area contributed by atoms with Gasteiger partial charge in [0, 0.05) is 6.07 Å². The van der Waals surface area contributed by atoms with E-state index in [4.69, 9.17) is 28.9 Å². The molecule has 17 heavy (non-hydrogen) atoms. The zero-order valence-electron chi connectivity index (χ0n) is 9.67. The molecule has 0 fully saturated rings. The van der Waals surface area contributed by atoms with Crippen molar-refractivity contribution in [2.45, 2.75) is 26.4 Å². The first-order valence-corrected chi connectivity index (χ1v) is 5.56. The summed E-state index contributed by atoms with van der Waals surface area (Å²) in [4.78, 5) is 13.9. The Kier molecular flexibility index (Phi) is 4.06. The lowest BCUT2D eigenvalue weighted by atomic mass is 10.2. The Labute approximate surface area is 109 Å². The Bertz CT molecular complexity index is 440. The molecule has 3 heterocycles. The lowest BCUT2D eigenvalue weighted by molar-refractivity contribution is 0.0600. The van der Waals surface area contributed by atoms with Crippen molar-refractivity contribution in [2.75, 3.05) is 5.32 Å². The van der Waals surface area contributed by atoms with Crippen molar-refractivity contribution < 1.29 is 9.53 Å². The van der Waals surface area contributed by atoms with Crippen molar-refractivity contribution in [3.8, 4) is 0 Å². The van der Waals surface area contributed by atoms with Gasteiger partial charge in [-0.05, 0) is 20.8 Å². The van der Waals surface area contributed by atoms with Crippen LogP contribution in [-0.2, 0) is 4.74 Å². The molecule has 94 valence electrons. The Hall–Kier alpha value is -1.20. The van der Waals surface area contributed by atoms with Crippen LogP contribution in [0.5, 0.6) is 0 Å². The fourth-order valence-electron chi connectivity index (χ4n) is 1.02. The number of anilines is 2. The van der Waals surface area contributed by atoms with E-state index in [1.54, 1.807) is 20.8 Å². The van der Waals surface area contributed by atoms with E-state index in [9.17, 15) is 4.79 Å². The second kappa shape index (κ2) is 4.98. The zero-order chi connectivity index (χ0) is 13.2. The fourth-order valence-corrected chi connectivity index (χ4v) is 1.35. The molecule has 0 atom stereocenters. The molecule has 3 N–H and O–H groups in total. The average molecular weight is 278 g/mol. The maximum Gasteiger partial charge on any atom is 0.405 e. The van der Waals surface area contributed by atoms with Gasteiger partial charge >= 0.3 is 6.09 Å². The summed E-state index contributed by atoms with van der Waals surface area (Å²) in [5.41, 5.74) is 5.13. The Morgan fingerprint density at radius 1 is 1.47 bits per heavy atom. The molecule has 0 aromatic carbocycles. The number of pyridine rings is 1. The van der Waals surface area contributed by atoms with Crippen LogP contribution < -0.4 is 11.1 Å². The molecule has 1 aromatic heterocycles. The van der Waals surface area contributed by atoms with Gasteiger partial charge in [-0.2, -0.15) is 0 Å². The van der Waals surface area contributed by atoms with E-state index in [1.165, 1.54) is 0 Å². The fraction of sp³-hybridized carbons (Fsp3) is 0.400. The van der Waals surface area contributed by atoms with Gasteiger partial charge in [0.15, 0.2) is 5.15 Å². The minimum Gasteiger partial charge on any atom is -0.444 e. The van der Waals surface area contributed by atoms with Crippen LogP contribution in [0.25, 0.3) is 0 Å². The van der Waals surface area contributed by atoms with Crippen molar-refractivity contribution in [1.29, 1.82) is 0 Å². The highest BCUT2D eigenvalue weighted by atomic mass is 35.5.